The van der Waals surface area contributed by atoms with Gasteiger partial charge in [-0.15, -0.1) is 10.2 Å². The summed E-state index contributed by atoms with van der Waals surface area (Å²) in [4.78, 5) is 0.295. The molecule has 14 heavy (non-hydrogen) atoms. The molecule has 1 heterocycles. The van der Waals surface area contributed by atoms with Crippen LogP contribution in [0.1, 0.15) is 0 Å². The van der Waals surface area contributed by atoms with Gasteiger partial charge in [-0.1, -0.05) is 0 Å². The summed E-state index contributed by atoms with van der Waals surface area (Å²) in [5.74, 6) is 0.0166. The van der Waals surface area contributed by atoms with E-state index in [1.54, 1.807) is 6.07 Å². The Bertz CT molecular complexity index is 472. The summed E-state index contributed by atoms with van der Waals surface area (Å²) in [5, 5.41) is 7.40. The fraction of sp³-hybridized carbons (Fsp3) is 0. The maximum atomic E-state index is 12.8. The first kappa shape index (κ1) is 9.79. The number of rotatable bonds is 1. The molecule has 0 spiro atoms. The molecule has 0 amide bonds. The van der Waals surface area contributed by atoms with Gasteiger partial charge in [0.25, 0.3) is 4.80 Å². The Labute approximate surface area is 95.6 Å². The summed E-state index contributed by atoms with van der Waals surface area (Å²) >= 11 is 6.25. The predicted octanol–water partition coefficient (Wildman–Crippen LogP) is 3.40. The molecule has 0 fully saturated rings. The number of hydrogen-bond acceptors (Lipinski definition) is 3. The Morgan fingerprint density at radius 3 is 2.57 bits per heavy atom. The molecule has 0 saturated heterocycles. The van der Waals surface area contributed by atoms with Crippen molar-refractivity contribution >= 4 is 31.9 Å². The van der Waals surface area contributed by atoms with Gasteiger partial charge in [-0.25, -0.2) is 4.39 Å². The quantitative estimate of drug-likeness (QED) is 0.808. The second-order valence-electron chi connectivity index (χ2n) is 2.48. The minimum atomic E-state index is -0.320. The van der Waals surface area contributed by atoms with Crippen LogP contribution in [0.15, 0.2) is 31.9 Å². The molecule has 0 N–H and O–H groups in total. The Hall–Kier alpha value is -0.750. The average molecular weight is 322 g/mol. The average Bonchev–Trinajstić information content (AvgIpc) is 2.51. The van der Waals surface area contributed by atoms with Gasteiger partial charge in [0.05, 0.1) is 5.56 Å². The van der Waals surface area contributed by atoms with Crippen molar-refractivity contribution in [1.82, 2.24) is 10.2 Å². The summed E-state index contributed by atoms with van der Waals surface area (Å²) < 4.78 is 18.5. The normalized spacial score (nSPS) is 10.5. The molecular weight excluding hydrogens is 319 g/mol. The Morgan fingerprint density at radius 1 is 1.21 bits per heavy atom. The SMILES string of the molecule is Fc1ccc(-c2nnc(Br)o2)c(Br)c1. The molecule has 2 rings (SSSR count). The lowest BCUT2D eigenvalue weighted by Crippen LogP contribution is -1.82. The third-order valence-corrected chi connectivity index (χ3v) is 2.54. The lowest BCUT2D eigenvalue weighted by Gasteiger charge is -1.97. The van der Waals surface area contributed by atoms with Crippen LogP contribution in [-0.2, 0) is 0 Å². The van der Waals surface area contributed by atoms with Crippen molar-refractivity contribution in [3.05, 3.63) is 33.3 Å². The highest BCUT2D eigenvalue weighted by molar-refractivity contribution is 9.10. The molecule has 1 aromatic carbocycles. The third-order valence-electron chi connectivity index (χ3n) is 1.56. The summed E-state index contributed by atoms with van der Waals surface area (Å²) in [6.07, 6.45) is 0. The van der Waals surface area contributed by atoms with Gasteiger partial charge in [-0.2, -0.15) is 0 Å². The molecule has 0 unspecified atom stereocenters. The van der Waals surface area contributed by atoms with Crippen LogP contribution in [0, 0.1) is 5.82 Å². The largest absolute Gasteiger partial charge is 0.411 e. The maximum Gasteiger partial charge on any atom is 0.285 e. The lowest BCUT2D eigenvalue weighted by molar-refractivity contribution is 0.540. The number of nitrogens with zero attached hydrogens (tertiary/aromatic N) is 2. The summed E-state index contributed by atoms with van der Waals surface area (Å²) in [6, 6.07) is 4.24. The molecule has 72 valence electrons. The van der Waals surface area contributed by atoms with Crippen LogP contribution in [0.5, 0.6) is 0 Å². The van der Waals surface area contributed by atoms with Crippen LogP contribution in [0.3, 0.4) is 0 Å². The number of hydrogen-bond donors (Lipinski definition) is 0. The van der Waals surface area contributed by atoms with Crippen molar-refractivity contribution in [2.75, 3.05) is 0 Å². The van der Waals surface area contributed by atoms with Crippen LogP contribution in [0.4, 0.5) is 4.39 Å². The molecule has 6 heteroatoms. The van der Waals surface area contributed by atoms with E-state index in [0.29, 0.717) is 20.7 Å². The predicted molar refractivity (Wildman–Crippen MR) is 55.1 cm³/mol. The van der Waals surface area contributed by atoms with E-state index in [2.05, 4.69) is 42.1 Å². The lowest BCUT2D eigenvalue weighted by atomic mass is 10.2. The second kappa shape index (κ2) is 3.78. The zero-order valence-corrected chi connectivity index (χ0v) is 9.84. The molecule has 0 aliphatic rings. The Balaban J connectivity index is 2.52. The zero-order valence-electron chi connectivity index (χ0n) is 6.67. The highest BCUT2D eigenvalue weighted by atomic mass is 79.9. The van der Waals surface area contributed by atoms with Gasteiger partial charge in [-0.3, -0.25) is 0 Å². The first-order chi connectivity index (χ1) is 6.66. The van der Waals surface area contributed by atoms with E-state index < -0.39 is 0 Å². The molecule has 0 radical (unpaired) electrons. The topological polar surface area (TPSA) is 38.9 Å². The van der Waals surface area contributed by atoms with Crippen LogP contribution < -0.4 is 0 Å². The van der Waals surface area contributed by atoms with Crippen molar-refractivity contribution in [2.45, 2.75) is 0 Å². The number of aromatic nitrogens is 2. The van der Waals surface area contributed by atoms with E-state index in [1.807, 2.05) is 0 Å². The van der Waals surface area contributed by atoms with Gasteiger partial charge in [0.2, 0.25) is 5.89 Å². The monoisotopic (exact) mass is 320 g/mol. The molecule has 0 saturated carbocycles. The van der Waals surface area contributed by atoms with Gasteiger partial charge in [0.15, 0.2) is 0 Å². The molecule has 3 nitrogen and oxygen atoms in total. The Kier molecular flexibility index (Phi) is 2.64. The molecule has 0 atom stereocenters. The van der Waals surface area contributed by atoms with E-state index in [9.17, 15) is 4.39 Å². The fourth-order valence-electron chi connectivity index (χ4n) is 0.977. The van der Waals surface area contributed by atoms with Crippen LogP contribution in [0.2, 0.25) is 0 Å². The minimum Gasteiger partial charge on any atom is -0.411 e. The Morgan fingerprint density at radius 2 is 2.00 bits per heavy atom. The number of benzene rings is 1. The van der Waals surface area contributed by atoms with Crippen molar-refractivity contribution in [2.24, 2.45) is 0 Å². The van der Waals surface area contributed by atoms with E-state index in [1.165, 1.54) is 12.1 Å². The number of halogens is 3. The first-order valence-electron chi connectivity index (χ1n) is 3.61. The van der Waals surface area contributed by atoms with Gasteiger partial charge < -0.3 is 4.42 Å². The van der Waals surface area contributed by atoms with Gasteiger partial charge in [0.1, 0.15) is 5.82 Å². The highest BCUT2D eigenvalue weighted by Crippen LogP contribution is 2.28. The van der Waals surface area contributed by atoms with E-state index in [0.717, 1.165) is 0 Å². The first-order valence-corrected chi connectivity index (χ1v) is 5.20. The van der Waals surface area contributed by atoms with Crippen molar-refractivity contribution in [3.63, 3.8) is 0 Å². The minimum absolute atomic E-state index is 0.295. The molecule has 0 aliphatic heterocycles. The molecule has 0 aliphatic carbocycles. The van der Waals surface area contributed by atoms with Crippen molar-refractivity contribution < 1.29 is 8.81 Å². The maximum absolute atomic E-state index is 12.8. The van der Waals surface area contributed by atoms with Crippen LogP contribution in [0.25, 0.3) is 11.5 Å². The summed E-state index contributed by atoms with van der Waals surface area (Å²) in [7, 11) is 0. The highest BCUT2D eigenvalue weighted by Gasteiger charge is 2.10. The summed E-state index contributed by atoms with van der Waals surface area (Å²) in [6.45, 7) is 0. The van der Waals surface area contributed by atoms with E-state index >= 15 is 0 Å². The smallest absolute Gasteiger partial charge is 0.285 e. The molecule has 1 aromatic heterocycles. The fourth-order valence-corrected chi connectivity index (χ4v) is 1.73. The standard InChI is InChI=1S/C8H3Br2FN2O/c9-6-3-4(11)1-2-5(6)7-12-13-8(10)14-7/h1-3H. The van der Waals surface area contributed by atoms with Crippen LogP contribution >= 0.6 is 31.9 Å². The molecular formula is C8H3Br2FN2O. The second-order valence-corrected chi connectivity index (χ2v) is 4.02. The van der Waals surface area contributed by atoms with E-state index in [4.69, 9.17) is 4.42 Å². The van der Waals surface area contributed by atoms with Gasteiger partial charge in [0, 0.05) is 20.4 Å². The summed E-state index contributed by atoms with van der Waals surface area (Å²) in [5.41, 5.74) is 0.657. The van der Waals surface area contributed by atoms with Crippen LogP contribution in [-0.4, -0.2) is 10.2 Å². The zero-order chi connectivity index (χ0) is 10.1. The van der Waals surface area contributed by atoms with E-state index in [-0.39, 0.29) is 5.82 Å². The van der Waals surface area contributed by atoms with Gasteiger partial charge in [-0.05, 0) is 34.1 Å². The third kappa shape index (κ3) is 1.85. The van der Waals surface area contributed by atoms with Gasteiger partial charge >= 0.3 is 0 Å². The molecule has 2 aromatic rings. The molecule has 0 bridgehead atoms. The van der Waals surface area contributed by atoms with Crippen molar-refractivity contribution in [3.8, 4) is 11.5 Å². The van der Waals surface area contributed by atoms with Crippen molar-refractivity contribution in [1.29, 1.82) is 0 Å².